The van der Waals surface area contributed by atoms with Crippen LogP contribution < -0.4 is 0 Å². The summed E-state index contributed by atoms with van der Waals surface area (Å²) in [6.07, 6.45) is 1.98. The van der Waals surface area contributed by atoms with Crippen LogP contribution in [0.15, 0.2) is 12.7 Å². The fraction of sp³-hybridized carbons (Fsp3) is 0.625. The summed E-state index contributed by atoms with van der Waals surface area (Å²) >= 11 is 0. The van der Waals surface area contributed by atoms with Gasteiger partial charge < -0.3 is 0 Å². The van der Waals surface area contributed by atoms with Crippen molar-refractivity contribution in [2.24, 2.45) is 0 Å². The van der Waals surface area contributed by atoms with Crippen molar-refractivity contribution in [1.29, 1.82) is 0 Å². The molecule has 0 aromatic rings. The van der Waals surface area contributed by atoms with Crippen molar-refractivity contribution >= 4 is 16.1 Å². The highest BCUT2D eigenvalue weighted by Gasteiger charge is 2.23. The molecule has 0 saturated heterocycles. The Bertz CT molecular complexity index is 293. The van der Waals surface area contributed by atoms with Gasteiger partial charge in [0, 0.05) is 6.08 Å². The lowest BCUT2D eigenvalue weighted by Gasteiger charge is -2.09. The predicted molar refractivity (Wildman–Crippen MR) is 50.7 cm³/mol. The second-order valence-corrected chi connectivity index (χ2v) is 4.69. The molecular weight excluding hydrogens is 208 g/mol. The van der Waals surface area contributed by atoms with Gasteiger partial charge in [-0.05, 0) is 13.3 Å². The molecule has 0 aliphatic rings. The lowest BCUT2D eigenvalue weighted by Crippen LogP contribution is -2.21. The van der Waals surface area contributed by atoms with Crippen molar-refractivity contribution in [2.75, 3.05) is 0 Å². The quantitative estimate of drug-likeness (QED) is 0.383. The summed E-state index contributed by atoms with van der Waals surface area (Å²) in [5, 5.41) is -0.690. The van der Waals surface area contributed by atoms with Gasteiger partial charge in [-0.15, -0.1) is 0 Å². The zero-order valence-electron chi connectivity index (χ0n) is 8.23. The molecule has 5 nitrogen and oxygen atoms in total. The number of carbonyl (C=O) groups is 1. The predicted octanol–water partition coefficient (Wildman–Crippen LogP) is 1.17. The Labute approximate surface area is 83.8 Å². The van der Waals surface area contributed by atoms with E-state index in [2.05, 4.69) is 15.8 Å². The van der Waals surface area contributed by atoms with Gasteiger partial charge >= 0.3 is 16.1 Å². The van der Waals surface area contributed by atoms with Crippen LogP contribution in [0.25, 0.3) is 0 Å². The molecule has 0 saturated carbocycles. The molecular formula is C8H14O5S. The molecule has 0 amide bonds. The molecule has 0 rings (SSSR count). The SMILES string of the molecule is C=CC(=O)OOS(=O)(=O)C(C)CCC. The average molecular weight is 222 g/mol. The van der Waals surface area contributed by atoms with Crippen LogP contribution in [0.4, 0.5) is 0 Å². The summed E-state index contributed by atoms with van der Waals surface area (Å²) in [4.78, 5) is 14.5. The molecule has 0 bridgehead atoms. The summed E-state index contributed by atoms with van der Waals surface area (Å²) < 4.78 is 26.5. The monoisotopic (exact) mass is 222 g/mol. The second-order valence-electron chi connectivity index (χ2n) is 2.77. The van der Waals surface area contributed by atoms with Crippen LogP contribution in [0.1, 0.15) is 26.7 Å². The molecule has 6 heteroatoms. The van der Waals surface area contributed by atoms with Crippen LogP contribution in [0.5, 0.6) is 0 Å². The van der Waals surface area contributed by atoms with Crippen molar-refractivity contribution in [1.82, 2.24) is 0 Å². The number of carbonyl (C=O) groups excluding carboxylic acids is 1. The van der Waals surface area contributed by atoms with Gasteiger partial charge in [0.05, 0.1) is 5.25 Å². The average Bonchev–Trinajstić information content (AvgIpc) is 2.14. The van der Waals surface area contributed by atoms with Crippen LogP contribution in [0.3, 0.4) is 0 Å². The Morgan fingerprint density at radius 1 is 1.57 bits per heavy atom. The number of hydrogen-bond donors (Lipinski definition) is 0. The van der Waals surface area contributed by atoms with E-state index in [1.807, 2.05) is 6.92 Å². The molecule has 0 heterocycles. The van der Waals surface area contributed by atoms with E-state index in [1.54, 1.807) is 0 Å². The molecule has 0 aliphatic carbocycles. The lowest BCUT2D eigenvalue weighted by molar-refractivity contribution is -0.204. The summed E-state index contributed by atoms with van der Waals surface area (Å²) in [6, 6.07) is 0. The Kier molecular flexibility index (Phi) is 5.40. The highest BCUT2D eigenvalue weighted by Crippen LogP contribution is 2.10. The third kappa shape index (κ3) is 4.38. The van der Waals surface area contributed by atoms with Crippen LogP contribution in [-0.2, 0) is 24.1 Å². The van der Waals surface area contributed by atoms with E-state index >= 15 is 0 Å². The van der Waals surface area contributed by atoms with Crippen molar-refractivity contribution in [3.63, 3.8) is 0 Å². The Morgan fingerprint density at radius 2 is 2.14 bits per heavy atom. The first kappa shape index (κ1) is 13.1. The molecule has 0 spiro atoms. The molecule has 0 aromatic carbocycles. The lowest BCUT2D eigenvalue weighted by atomic mass is 10.3. The van der Waals surface area contributed by atoms with Crippen molar-refractivity contribution < 1.29 is 22.4 Å². The Hall–Kier alpha value is -0.880. The fourth-order valence-electron chi connectivity index (χ4n) is 0.733. The van der Waals surface area contributed by atoms with Gasteiger partial charge in [-0.1, -0.05) is 24.3 Å². The second kappa shape index (κ2) is 5.77. The van der Waals surface area contributed by atoms with E-state index in [9.17, 15) is 13.2 Å². The van der Waals surface area contributed by atoms with E-state index in [0.717, 1.165) is 6.08 Å². The first-order valence-electron chi connectivity index (χ1n) is 4.20. The maximum absolute atomic E-state index is 11.2. The van der Waals surface area contributed by atoms with Crippen LogP contribution >= 0.6 is 0 Å². The fourth-order valence-corrected chi connectivity index (χ4v) is 1.55. The third-order valence-electron chi connectivity index (χ3n) is 1.57. The summed E-state index contributed by atoms with van der Waals surface area (Å²) in [5.41, 5.74) is 0. The van der Waals surface area contributed by atoms with E-state index in [0.29, 0.717) is 12.8 Å². The van der Waals surface area contributed by atoms with Crippen LogP contribution in [0, 0.1) is 0 Å². The first-order chi connectivity index (χ1) is 6.44. The summed E-state index contributed by atoms with van der Waals surface area (Å²) in [7, 11) is -3.82. The third-order valence-corrected chi connectivity index (χ3v) is 3.04. The van der Waals surface area contributed by atoms with Gasteiger partial charge in [0.25, 0.3) is 0 Å². The maximum Gasteiger partial charge on any atom is 0.366 e. The molecule has 14 heavy (non-hydrogen) atoms. The summed E-state index contributed by atoms with van der Waals surface area (Å²) in [6.45, 7) is 6.43. The van der Waals surface area contributed by atoms with Crippen molar-refractivity contribution in [2.45, 2.75) is 31.9 Å². The molecule has 0 aromatic heterocycles. The van der Waals surface area contributed by atoms with E-state index in [1.165, 1.54) is 6.92 Å². The van der Waals surface area contributed by atoms with Gasteiger partial charge in [-0.3, -0.25) is 4.89 Å². The first-order valence-corrected chi connectivity index (χ1v) is 5.67. The largest absolute Gasteiger partial charge is 0.366 e. The number of rotatable bonds is 6. The molecule has 82 valence electrons. The molecule has 0 aliphatic heterocycles. The van der Waals surface area contributed by atoms with Gasteiger partial charge in [0.1, 0.15) is 0 Å². The molecule has 0 radical (unpaired) electrons. The zero-order valence-corrected chi connectivity index (χ0v) is 9.04. The Balaban J connectivity index is 4.20. The van der Waals surface area contributed by atoms with Crippen LogP contribution in [0.2, 0.25) is 0 Å². The highest BCUT2D eigenvalue weighted by molar-refractivity contribution is 7.87. The van der Waals surface area contributed by atoms with Crippen molar-refractivity contribution in [3.05, 3.63) is 12.7 Å². The standard InChI is InChI=1S/C8H14O5S/c1-4-6-7(3)14(10,11)13-12-8(9)5-2/h5,7H,2,4,6H2,1,3H3. The highest BCUT2D eigenvalue weighted by atomic mass is 32.2. The van der Waals surface area contributed by atoms with E-state index in [4.69, 9.17) is 0 Å². The van der Waals surface area contributed by atoms with Gasteiger partial charge in [-0.2, -0.15) is 8.42 Å². The summed E-state index contributed by atoms with van der Waals surface area (Å²) in [5.74, 6) is -0.933. The van der Waals surface area contributed by atoms with Crippen LogP contribution in [-0.4, -0.2) is 19.6 Å². The molecule has 1 unspecified atom stereocenters. The zero-order chi connectivity index (χ0) is 11.2. The minimum Gasteiger partial charge on any atom is -0.277 e. The van der Waals surface area contributed by atoms with Crippen molar-refractivity contribution in [3.8, 4) is 0 Å². The maximum atomic E-state index is 11.2. The van der Waals surface area contributed by atoms with Gasteiger partial charge in [0.2, 0.25) is 0 Å². The van der Waals surface area contributed by atoms with E-state index < -0.39 is 21.3 Å². The van der Waals surface area contributed by atoms with E-state index in [-0.39, 0.29) is 0 Å². The molecule has 0 fully saturated rings. The topological polar surface area (TPSA) is 69.7 Å². The smallest absolute Gasteiger partial charge is 0.277 e. The molecule has 0 N–H and O–H groups in total. The van der Waals surface area contributed by atoms with Gasteiger partial charge in [0.15, 0.2) is 0 Å². The normalized spacial score (nSPS) is 13.3. The Morgan fingerprint density at radius 3 is 2.57 bits per heavy atom. The number of hydrogen-bond acceptors (Lipinski definition) is 5. The minimum atomic E-state index is -3.82. The van der Waals surface area contributed by atoms with Gasteiger partial charge in [-0.25, -0.2) is 4.79 Å². The minimum absolute atomic E-state index is 0.452. The molecule has 1 atom stereocenters.